The van der Waals surface area contributed by atoms with E-state index in [1.807, 2.05) is 24.3 Å². The van der Waals surface area contributed by atoms with E-state index in [1.54, 1.807) is 14.0 Å². The van der Waals surface area contributed by atoms with Crippen LogP contribution < -0.4 is 10.1 Å². The van der Waals surface area contributed by atoms with E-state index in [4.69, 9.17) is 9.47 Å². The molecular formula is C17H18N2O4S. The predicted octanol–water partition coefficient (Wildman–Crippen LogP) is 2.99. The number of hydrogen-bond donors (Lipinski definition) is 1. The Balaban J connectivity index is 1.68. The Kier molecular flexibility index (Phi) is 4.53. The molecule has 1 aromatic heterocycles. The maximum atomic E-state index is 12.4. The number of nitrogens with one attached hydrogen (secondary N) is 1. The van der Waals surface area contributed by atoms with Crippen LogP contribution in [-0.2, 0) is 9.53 Å². The highest BCUT2D eigenvalue weighted by Crippen LogP contribution is 2.50. The van der Waals surface area contributed by atoms with E-state index in [-0.39, 0.29) is 17.7 Å². The average molecular weight is 346 g/mol. The van der Waals surface area contributed by atoms with Crippen LogP contribution in [0.5, 0.6) is 5.75 Å². The first-order valence-electron chi connectivity index (χ1n) is 7.54. The van der Waals surface area contributed by atoms with Crippen LogP contribution in [0, 0.1) is 12.8 Å². The number of amides is 1. The number of nitrogens with zero attached hydrogens (tertiary/aromatic N) is 1. The van der Waals surface area contributed by atoms with Crippen molar-refractivity contribution in [3.05, 3.63) is 40.4 Å². The lowest BCUT2D eigenvalue weighted by Gasteiger charge is -2.07. The maximum Gasteiger partial charge on any atom is 0.350 e. The van der Waals surface area contributed by atoms with Gasteiger partial charge in [0.2, 0.25) is 5.91 Å². The summed E-state index contributed by atoms with van der Waals surface area (Å²) in [6.45, 7) is 1.72. The minimum atomic E-state index is -0.441. The summed E-state index contributed by atoms with van der Waals surface area (Å²) in [6, 6.07) is 7.74. The Bertz CT molecular complexity index is 787. The van der Waals surface area contributed by atoms with Gasteiger partial charge in [-0.15, -0.1) is 0 Å². The fourth-order valence-electron chi connectivity index (χ4n) is 2.73. The van der Waals surface area contributed by atoms with Crippen LogP contribution in [-0.4, -0.2) is 31.1 Å². The summed E-state index contributed by atoms with van der Waals surface area (Å²) in [7, 11) is 2.95. The van der Waals surface area contributed by atoms with E-state index in [0.717, 1.165) is 29.1 Å². The normalized spacial score (nSPS) is 18.8. The second-order valence-electron chi connectivity index (χ2n) is 5.61. The molecule has 1 aromatic carbocycles. The molecule has 7 heteroatoms. The molecule has 3 rings (SSSR count). The topological polar surface area (TPSA) is 77.5 Å². The molecule has 1 heterocycles. The molecule has 24 heavy (non-hydrogen) atoms. The van der Waals surface area contributed by atoms with Crippen molar-refractivity contribution < 1.29 is 19.1 Å². The third-order valence-corrected chi connectivity index (χ3v) is 5.12. The Morgan fingerprint density at radius 1 is 1.29 bits per heavy atom. The molecule has 1 aliphatic rings. The highest BCUT2D eigenvalue weighted by Gasteiger charge is 2.45. The number of methoxy groups -OCH3 is 2. The first-order valence-corrected chi connectivity index (χ1v) is 8.36. The number of hydrogen-bond acceptors (Lipinski definition) is 6. The molecule has 0 saturated heterocycles. The monoisotopic (exact) mass is 346 g/mol. The minimum absolute atomic E-state index is 0.0870. The summed E-state index contributed by atoms with van der Waals surface area (Å²) in [5.74, 6) is 0.324. The van der Waals surface area contributed by atoms with E-state index in [9.17, 15) is 9.59 Å². The number of thiazole rings is 1. The number of aryl methyl sites for hydroxylation is 1. The molecule has 0 unspecified atom stereocenters. The summed E-state index contributed by atoms with van der Waals surface area (Å²) in [4.78, 5) is 28.7. The first-order chi connectivity index (χ1) is 11.5. The van der Waals surface area contributed by atoms with Crippen LogP contribution in [0.25, 0.3) is 0 Å². The quantitative estimate of drug-likeness (QED) is 0.842. The number of aromatic nitrogens is 1. The second kappa shape index (κ2) is 6.60. The van der Waals surface area contributed by atoms with E-state index >= 15 is 0 Å². The SMILES string of the molecule is COC(=O)c1sc(NC(=O)[C@@H]2C[C@H]2c2ccccc2OC)nc1C. The van der Waals surface area contributed by atoms with Gasteiger partial charge in [-0.1, -0.05) is 29.5 Å². The molecule has 0 bridgehead atoms. The molecule has 0 spiro atoms. The third-order valence-electron chi connectivity index (χ3n) is 4.06. The number of benzene rings is 1. The van der Waals surface area contributed by atoms with Gasteiger partial charge in [0.1, 0.15) is 10.6 Å². The number of ether oxygens (including phenoxy) is 2. The average Bonchev–Trinajstić information content (AvgIpc) is 3.31. The largest absolute Gasteiger partial charge is 0.496 e. The van der Waals surface area contributed by atoms with Gasteiger partial charge in [0.05, 0.1) is 19.9 Å². The van der Waals surface area contributed by atoms with Crippen LogP contribution in [0.2, 0.25) is 0 Å². The zero-order valence-corrected chi connectivity index (χ0v) is 14.5. The lowest BCUT2D eigenvalue weighted by molar-refractivity contribution is -0.117. The van der Waals surface area contributed by atoms with E-state index in [2.05, 4.69) is 10.3 Å². The number of para-hydroxylation sites is 1. The smallest absolute Gasteiger partial charge is 0.350 e. The van der Waals surface area contributed by atoms with E-state index in [0.29, 0.717) is 15.7 Å². The van der Waals surface area contributed by atoms with Gasteiger partial charge in [-0.3, -0.25) is 4.79 Å². The molecule has 2 atom stereocenters. The van der Waals surface area contributed by atoms with Crippen molar-refractivity contribution in [2.24, 2.45) is 5.92 Å². The fraction of sp³-hybridized carbons (Fsp3) is 0.353. The van der Waals surface area contributed by atoms with Crippen molar-refractivity contribution in [3.8, 4) is 5.75 Å². The van der Waals surface area contributed by atoms with Crippen molar-refractivity contribution in [1.82, 2.24) is 4.98 Å². The molecule has 126 valence electrons. The second-order valence-corrected chi connectivity index (χ2v) is 6.60. The molecule has 1 amide bonds. The Morgan fingerprint density at radius 3 is 2.75 bits per heavy atom. The van der Waals surface area contributed by atoms with Crippen LogP contribution in [0.3, 0.4) is 0 Å². The summed E-state index contributed by atoms with van der Waals surface area (Å²) in [6.07, 6.45) is 0.778. The van der Waals surface area contributed by atoms with Gasteiger partial charge in [0.15, 0.2) is 5.13 Å². The van der Waals surface area contributed by atoms with E-state index < -0.39 is 5.97 Å². The number of carbonyl (C=O) groups excluding carboxylic acids is 2. The van der Waals surface area contributed by atoms with Crippen molar-refractivity contribution in [1.29, 1.82) is 0 Å². The van der Waals surface area contributed by atoms with Gasteiger partial charge in [0, 0.05) is 5.92 Å². The Hall–Kier alpha value is -2.41. The van der Waals surface area contributed by atoms with Crippen molar-refractivity contribution >= 4 is 28.3 Å². The lowest BCUT2D eigenvalue weighted by atomic mass is 10.1. The van der Waals surface area contributed by atoms with Crippen LogP contribution in [0.1, 0.15) is 33.3 Å². The predicted molar refractivity (Wildman–Crippen MR) is 90.7 cm³/mol. The van der Waals surface area contributed by atoms with Gasteiger partial charge >= 0.3 is 5.97 Å². The molecule has 1 fully saturated rings. The molecule has 1 N–H and O–H groups in total. The summed E-state index contributed by atoms with van der Waals surface area (Å²) in [5.41, 5.74) is 1.60. The fourth-order valence-corrected chi connectivity index (χ4v) is 3.62. The summed E-state index contributed by atoms with van der Waals surface area (Å²) < 4.78 is 10.1. The van der Waals surface area contributed by atoms with Gasteiger partial charge < -0.3 is 14.8 Å². The molecule has 6 nitrogen and oxygen atoms in total. The number of esters is 1. The van der Waals surface area contributed by atoms with Crippen LogP contribution >= 0.6 is 11.3 Å². The maximum absolute atomic E-state index is 12.4. The first kappa shape index (κ1) is 16.4. The van der Waals surface area contributed by atoms with Gasteiger partial charge in [-0.05, 0) is 30.9 Å². The number of carbonyl (C=O) groups is 2. The van der Waals surface area contributed by atoms with E-state index in [1.165, 1.54) is 7.11 Å². The lowest BCUT2D eigenvalue weighted by Crippen LogP contribution is -2.14. The molecule has 1 saturated carbocycles. The zero-order valence-electron chi connectivity index (χ0n) is 13.7. The standard InChI is InChI=1S/C17H18N2O4S/c1-9-14(16(21)23-3)24-17(18-9)19-15(20)12-8-11(12)10-6-4-5-7-13(10)22-2/h4-7,11-12H,8H2,1-3H3,(H,18,19,20)/t11-,12+/m0/s1. The molecule has 2 aromatic rings. The third kappa shape index (κ3) is 3.12. The Labute approximate surface area is 143 Å². The summed E-state index contributed by atoms with van der Waals surface area (Å²) >= 11 is 1.13. The van der Waals surface area contributed by atoms with Gasteiger partial charge in [-0.25, -0.2) is 9.78 Å². The van der Waals surface area contributed by atoms with Crippen molar-refractivity contribution in [2.75, 3.05) is 19.5 Å². The molecular weight excluding hydrogens is 328 g/mol. The molecule has 1 aliphatic carbocycles. The Morgan fingerprint density at radius 2 is 2.04 bits per heavy atom. The van der Waals surface area contributed by atoms with Crippen molar-refractivity contribution in [2.45, 2.75) is 19.3 Å². The van der Waals surface area contributed by atoms with Crippen LogP contribution in [0.15, 0.2) is 24.3 Å². The zero-order chi connectivity index (χ0) is 17.3. The number of rotatable bonds is 5. The van der Waals surface area contributed by atoms with Gasteiger partial charge in [-0.2, -0.15) is 0 Å². The van der Waals surface area contributed by atoms with Gasteiger partial charge in [0.25, 0.3) is 0 Å². The summed E-state index contributed by atoms with van der Waals surface area (Å²) in [5, 5.41) is 3.22. The van der Waals surface area contributed by atoms with Crippen molar-refractivity contribution in [3.63, 3.8) is 0 Å². The highest BCUT2D eigenvalue weighted by molar-refractivity contribution is 7.17. The minimum Gasteiger partial charge on any atom is -0.496 e. The molecule has 0 radical (unpaired) electrons. The highest BCUT2D eigenvalue weighted by atomic mass is 32.1. The van der Waals surface area contributed by atoms with Crippen LogP contribution in [0.4, 0.5) is 5.13 Å². The molecule has 0 aliphatic heterocycles. The number of anilines is 1.